The lowest BCUT2D eigenvalue weighted by Gasteiger charge is -2.52. The Morgan fingerprint density at radius 3 is 2.13 bits per heavy atom. The molecule has 30 heavy (non-hydrogen) atoms. The SMILES string of the molecule is CC(C)(O)CCC[C@@](C)(CCO)C1CCC2[C@@H](O[Si](C)(C)C(C)(C)C)CCC[C@@]21C. The van der Waals surface area contributed by atoms with Gasteiger partial charge in [-0.2, -0.15) is 0 Å². The van der Waals surface area contributed by atoms with Gasteiger partial charge in [0, 0.05) is 12.7 Å². The van der Waals surface area contributed by atoms with E-state index in [9.17, 15) is 10.2 Å². The molecule has 0 heterocycles. The van der Waals surface area contributed by atoms with E-state index in [1.54, 1.807) is 0 Å². The highest BCUT2D eigenvalue weighted by Crippen LogP contribution is 2.63. The molecule has 2 aliphatic carbocycles. The largest absolute Gasteiger partial charge is 0.414 e. The zero-order valence-electron chi connectivity index (χ0n) is 21.6. The minimum absolute atomic E-state index is 0.141. The zero-order valence-corrected chi connectivity index (χ0v) is 22.6. The number of hydrogen-bond acceptors (Lipinski definition) is 3. The lowest BCUT2D eigenvalue weighted by Crippen LogP contribution is -2.51. The molecule has 0 bridgehead atoms. The molecule has 0 aromatic heterocycles. The summed E-state index contributed by atoms with van der Waals surface area (Å²) in [6, 6.07) is 0. The fourth-order valence-electron chi connectivity index (χ4n) is 6.61. The van der Waals surface area contributed by atoms with Crippen molar-refractivity contribution in [3.63, 3.8) is 0 Å². The van der Waals surface area contributed by atoms with Gasteiger partial charge in [0.15, 0.2) is 8.32 Å². The Labute approximate surface area is 188 Å². The van der Waals surface area contributed by atoms with Gasteiger partial charge < -0.3 is 14.6 Å². The Morgan fingerprint density at radius 1 is 0.967 bits per heavy atom. The quantitative estimate of drug-likeness (QED) is 0.382. The number of aliphatic hydroxyl groups is 2. The molecule has 2 unspecified atom stereocenters. The average molecular weight is 441 g/mol. The summed E-state index contributed by atoms with van der Waals surface area (Å²) in [4.78, 5) is 0. The fraction of sp³-hybridized carbons (Fsp3) is 1.00. The van der Waals surface area contributed by atoms with Gasteiger partial charge in [0.05, 0.1) is 5.60 Å². The highest BCUT2D eigenvalue weighted by molar-refractivity contribution is 6.74. The molecular weight excluding hydrogens is 388 g/mol. The Bertz CT molecular complexity index is 562. The molecule has 0 spiro atoms. The minimum atomic E-state index is -1.78. The van der Waals surface area contributed by atoms with E-state index in [1.807, 2.05) is 13.8 Å². The summed E-state index contributed by atoms with van der Waals surface area (Å²) in [6.07, 6.45) is 10.6. The highest BCUT2D eigenvalue weighted by atomic mass is 28.4. The summed E-state index contributed by atoms with van der Waals surface area (Å²) in [5.74, 6) is 1.28. The molecule has 5 atom stereocenters. The molecule has 0 aliphatic heterocycles. The predicted molar refractivity (Wildman–Crippen MR) is 130 cm³/mol. The van der Waals surface area contributed by atoms with Gasteiger partial charge in [-0.05, 0) is 99.6 Å². The Kier molecular flexibility index (Phi) is 8.04. The van der Waals surface area contributed by atoms with Crippen molar-refractivity contribution in [3.8, 4) is 0 Å². The maximum atomic E-state index is 10.2. The van der Waals surface area contributed by atoms with E-state index < -0.39 is 13.9 Å². The van der Waals surface area contributed by atoms with Gasteiger partial charge in [-0.15, -0.1) is 0 Å². The van der Waals surface area contributed by atoms with Crippen LogP contribution in [0.1, 0.15) is 106 Å². The molecule has 3 nitrogen and oxygen atoms in total. The van der Waals surface area contributed by atoms with Crippen LogP contribution in [0.25, 0.3) is 0 Å². The Morgan fingerprint density at radius 2 is 1.60 bits per heavy atom. The number of fused-ring (bicyclic) bond motifs is 1. The third kappa shape index (κ3) is 5.71. The maximum absolute atomic E-state index is 10.2. The van der Waals surface area contributed by atoms with Crippen LogP contribution in [0.3, 0.4) is 0 Å². The van der Waals surface area contributed by atoms with Crippen LogP contribution in [-0.4, -0.2) is 36.8 Å². The van der Waals surface area contributed by atoms with E-state index in [0.717, 1.165) is 25.7 Å². The summed E-state index contributed by atoms with van der Waals surface area (Å²) in [5.41, 5.74) is -0.151. The first-order chi connectivity index (χ1) is 13.6. The first kappa shape index (κ1) is 26.4. The van der Waals surface area contributed by atoms with Gasteiger partial charge in [-0.1, -0.05) is 47.5 Å². The molecule has 0 saturated heterocycles. The molecule has 178 valence electrons. The van der Waals surface area contributed by atoms with Gasteiger partial charge in [0.2, 0.25) is 0 Å². The van der Waals surface area contributed by atoms with Gasteiger partial charge >= 0.3 is 0 Å². The van der Waals surface area contributed by atoms with Crippen LogP contribution in [-0.2, 0) is 4.43 Å². The maximum Gasteiger partial charge on any atom is 0.192 e. The smallest absolute Gasteiger partial charge is 0.192 e. The second kappa shape index (κ2) is 9.15. The summed E-state index contributed by atoms with van der Waals surface area (Å²) in [7, 11) is -1.78. The van der Waals surface area contributed by atoms with Crippen LogP contribution in [0.5, 0.6) is 0 Å². The molecule has 2 rings (SSSR count). The molecule has 2 saturated carbocycles. The van der Waals surface area contributed by atoms with Crippen molar-refractivity contribution in [1.29, 1.82) is 0 Å². The summed E-state index contributed by atoms with van der Waals surface area (Å²) < 4.78 is 7.03. The van der Waals surface area contributed by atoms with E-state index in [-0.39, 0.29) is 17.1 Å². The fourth-order valence-corrected chi connectivity index (χ4v) is 8.01. The standard InChI is InChI=1S/C26H52O3Si/c1-23(2,3)30(8,9)29-21-12-10-17-26(7)20(21)13-14-22(26)25(6,18-19-27)16-11-15-24(4,5)28/h20-22,27-28H,10-19H2,1-9H3/t20?,21-,22?,25-,26-/m0/s1. The summed E-state index contributed by atoms with van der Waals surface area (Å²) in [5, 5.41) is 20.4. The number of aliphatic hydroxyl groups excluding tert-OH is 1. The van der Waals surface area contributed by atoms with Crippen LogP contribution < -0.4 is 0 Å². The van der Waals surface area contributed by atoms with Crippen molar-refractivity contribution in [2.45, 2.75) is 136 Å². The third-order valence-electron chi connectivity index (χ3n) is 9.38. The van der Waals surface area contributed by atoms with Crippen LogP contribution in [0.2, 0.25) is 18.1 Å². The average Bonchev–Trinajstić information content (AvgIpc) is 2.91. The molecule has 2 N–H and O–H groups in total. The van der Waals surface area contributed by atoms with E-state index >= 15 is 0 Å². The van der Waals surface area contributed by atoms with Gasteiger partial charge in [-0.3, -0.25) is 0 Å². The monoisotopic (exact) mass is 440 g/mol. The van der Waals surface area contributed by atoms with Crippen LogP contribution in [0, 0.1) is 22.7 Å². The van der Waals surface area contributed by atoms with Crippen LogP contribution in [0.15, 0.2) is 0 Å². The molecule has 0 aromatic rings. The molecule has 0 aromatic carbocycles. The van der Waals surface area contributed by atoms with E-state index in [0.29, 0.717) is 23.4 Å². The lowest BCUT2D eigenvalue weighted by molar-refractivity contribution is -0.0511. The first-order valence-electron chi connectivity index (χ1n) is 12.6. The van der Waals surface area contributed by atoms with Crippen LogP contribution >= 0.6 is 0 Å². The van der Waals surface area contributed by atoms with Crippen molar-refractivity contribution >= 4 is 8.32 Å². The van der Waals surface area contributed by atoms with E-state index in [4.69, 9.17) is 4.43 Å². The third-order valence-corrected chi connectivity index (χ3v) is 13.9. The van der Waals surface area contributed by atoms with Gasteiger partial charge in [0.1, 0.15) is 0 Å². The van der Waals surface area contributed by atoms with Gasteiger partial charge in [0.25, 0.3) is 0 Å². The van der Waals surface area contributed by atoms with Crippen molar-refractivity contribution in [2.24, 2.45) is 22.7 Å². The second-order valence-corrected chi connectivity index (χ2v) is 18.1. The number of hydrogen-bond donors (Lipinski definition) is 2. The molecule has 4 heteroatoms. The topological polar surface area (TPSA) is 49.7 Å². The summed E-state index contributed by atoms with van der Waals surface area (Å²) in [6.45, 7) is 20.9. The normalized spacial score (nSPS) is 32.7. The highest BCUT2D eigenvalue weighted by Gasteiger charge is 2.57. The van der Waals surface area contributed by atoms with E-state index in [1.165, 1.54) is 32.1 Å². The molecule has 2 fully saturated rings. The van der Waals surface area contributed by atoms with Crippen molar-refractivity contribution in [3.05, 3.63) is 0 Å². The predicted octanol–water partition coefficient (Wildman–Crippen LogP) is 6.92. The zero-order chi connectivity index (χ0) is 23.0. The number of rotatable bonds is 9. The second-order valence-electron chi connectivity index (χ2n) is 13.3. The van der Waals surface area contributed by atoms with Crippen molar-refractivity contribution in [2.75, 3.05) is 6.61 Å². The molecule has 0 radical (unpaired) electrons. The molecule has 0 amide bonds. The van der Waals surface area contributed by atoms with Crippen molar-refractivity contribution in [1.82, 2.24) is 0 Å². The van der Waals surface area contributed by atoms with Crippen molar-refractivity contribution < 1.29 is 14.6 Å². The van der Waals surface area contributed by atoms with E-state index in [2.05, 4.69) is 47.7 Å². The molecule has 2 aliphatic rings. The van der Waals surface area contributed by atoms with Gasteiger partial charge in [-0.25, -0.2) is 0 Å². The summed E-state index contributed by atoms with van der Waals surface area (Å²) >= 11 is 0. The molecular formula is C26H52O3Si. The Balaban J connectivity index is 2.21. The lowest BCUT2D eigenvalue weighted by atomic mass is 9.56. The first-order valence-corrected chi connectivity index (χ1v) is 15.5. The Hall–Kier alpha value is 0.0969. The van der Waals surface area contributed by atoms with Crippen LogP contribution in [0.4, 0.5) is 0 Å². The minimum Gasteiger partial charge on any atom is -0.414 e.